The van der Waals surface area contributed by atoms with E-state index in [1.807, 2.05) is 4.90 Å². The maximum atomic E-state index is 13.1. The number of aromatic nitrogens is 2. The van der Waals surface area contributed by atoms with E-state index >= 15 is 0 Å². The maximum Gasteiger partial charge on any atom is 0.335 e. The number of carboxylic acid groups (broad SMARTS) is 1. The van der Waals surface area contributed by atoms with Crippen LogP contribution in [-0.4, -0.2) is 39.3 Å². The molecule has 8 nitrogen and oxygen atoms in total. The van der Waals surface area contributed by atoms with E-state index in [0.717, 1.165) is 24.0 Å². The van der Waals surface area contributed by atoms with Crippen LogP contribution < -0.4 is 21.9 Å². The highest BCUT2D eigenvalue weighted by Gasteiger charge is 2.22. The van der Waals surface area contributed by atoms with Crippen molar-refractivity contribution >= 4 is 11.8 Å². The first-order valence-corrected chi connectivity index (χ1v) is 9.47. The molecule has 1 aromatic heterocycles. The first kappa shape index (κ1) is 20.4. The second-order valence-electron chi connectivity index (χ2n) is 7.08. The predicted molar refractivity (Wildman–Crippen MR) is 110 cm³/mol. The topological polar surface area (TPSA) is 111 Å². The summed E-state index contributed by atoms with van der Waals surface area (Å²) in [6.07, 6.45) is 1.80. The molecule has 0 spiro atoms. The first-order chi connectivity index (χ1) is 13.9. The lowest BCUT2D eigenvalue weighted by molar-refractivity contribution is 0.0696. The van der Waals surface area contributed by atoms with Gasteiger partial charge in [-0.25, -0.2) is 9.59 Å². The number of hydrogen-bond acceptors (Lipinski definition) is 5. The van der Waals surface area contributed by atoms with Gasteiger partial charge in [0.15, 0.2) is 0 Å². The largest absolute Gasteiger partial charge is 0.478 e. The van der Waals surface area contributed by atoms with E-state index in [1.54, 1.807) is 19.1 Å². The van der Waals surface area contributed by atoms with Crippen molar-refractivity contribution in [2.45, 2.75) is 38.9 Å². The minimum Gasteiger partial charge on any atom is -0.478 e. The number of hydrogen-bond donors (Lipinski definition) is 2. The number of rotatable bonds is 5. The summed E-state index contributed by atoms with van der Waals surface area (Å²) in [7, 11) is 0. The smallest absolute Gasteiger partial charge is 0.335 e. The van der Waals surface area contributed by atoms with Crippen LogP contribution in [0.4, 0.5) is 5.82 Å². The Hall–Kier alpha value is -3.31. The molecule has 3 N–H and O–H groups in total. The molecule has 1 fully saturated rings. The van der Waals surface area contributed by atoms with E-state index in [4.69, 9.17) is 10.8 Å². The van der Waals surface area contributed by atoms with Crippen molar-refractivity contribution in [1.82, 2.24) is 9.13 Å². The van der Waals surface area contributed by atoms with E-state index in [-0.39, 0.29) is 24.7 Å². The second-order valence-corrected chi connectivity index (χ2v) is 7.08. The van der Waals surface area contributed by atoms with Crippen LogP contribution in [0.15, 0.2) is 39.9 Å². The van der Waals surface area contributed by atoms with Crippen LogP contribution in [0.25, 0.3) is 0 Å². The Morgan fingerprint density at radius 1 is 1.28 bits per heavy atom. The highest BCUT2D eigenvalue weighted by molar-refractivity contribution is 5.87. The summed E-state index contributed by atoms with van der Waals surface area (Å²) in [6.45, 7) is 3.12. The van der Waals surface area contributed by atoms with E-state index in [2.05, 4.69) is 11.8 Å². The summed E-state index contributed by atoms with van der Waals surface area (Å²) in [5.41, 5.74) is 5.82. The third-order valence-electron chi connectivity index (χ3n) is 4.97. The lowest BCUT2D eigenvalue weighted by Crippen LogP contribution is -2.48. The molecular formula is C21H24N4O4. The van der Waals surface area contributed by atoms with Crippen molar-refractivity contribution in [3.05, 3.63) is 62.3 Å². The molecule has 2 heterocycles. The molecule has 0 bridgehead atoms. The highest BCUT2D eigenvalue weighted by Crippen LogP contribution is 2.17. The third-order valence-corrected chi connectivity index (χ3v) is 4.97. The number of aromatic carboxylic acids is 1. The zero-order chi connectivity index (χ0) is 21.0. The van der Waals surface area contributed by atoms with Crippen molar-refractivity contribution < 1.29 is 9.90 Å². The number of carbonyl (C=O) groups is 1. The van der Waals surface area contributed by atoms with Crippen LogP contribution in [0, 0.1) is 11.8 Å². The zero-order valence-electron chi connectivity index (χ0n) is 16.3. The van der Waals surface area contributed by atoms with Crippen molar-refractivity contribution in [2.24, 2.45) is 5.73 Å². The molecular weight excluding hydrogens is 372 g/mol. The molecule has 3 rings (SSSR count). The molecule has 0 radical (unpaired) electrons. The van der Waals surface area contributed by atoms with Gasteiger partial charge in [-0.2, -0.15) is 0 Å². The lowest BCUT2D eigenvalue weighted by atomic mass is 10.1. The molecule has 2 aromatic rings. The van der Waals surface area contributed by atoms with E-state index in [1.165, 1.54) is 22.8 Å². The van der Waals surface area contributed by atoms with Gasteiger partial charge >= 0.3 is 11.7 Å². The fraction of sp³-hybridized carbons (Fsp3) is 0.381. The van der Waals surface area contributed by atoms with Gasteiger partial charge < -0.3 is 15.7 Å². The molecule has 1 saturated heterocycles. The molecule has 0 aliphatic carbocycles. The second kappa shape index (κ2) is 8.80. The van der Waals surface area contributed by atoms with Crippen molar-refractivity contribution in [2.75, 3.05) is 18.0 Å². The summed E-state index contributed by atoms with van der Waals surface area (Å²) < 4.78 is 2.59. The van der Waals surface area contributed by atoms with Gasteiger partial charge in [-0.15, -0.1) is 5.92 Å². The van der Waals surface area contributed by atoms with E-state index in [9.17, 15) is 14.4 Å². The summed E-state index contributed by atoms with van der Waals surface area (Å²) in [6, 6.07) is 7.64. The van der Waals surface area contributed by atoms with Gasteiger partial charge in [-0.1, -0.05) is 18.1 Å². The van der Waals surface area contributed by atoms with Crippen molar-refractivity contribution in [3.8, 4) is 11.8 Å². The molecule has 0 unspecified atom stereocenters. The standard InChI is InChI=1S/C21H24N4O4/c1-2-3-10-24-18(23-9-5-8-17(22)14-23)12-19(26)25(21(24)29)13-15-6-4-7-16(11-15)20(27)28/h4,6-7,11-12,17H,5,8-10,13-14,22H2,1H3,(H,27,28)/t17-/m1/s1. The molecule has 152 valence electrons. The molecule has 0 amide bonds. The van der Waals surface area contributed by atoms with Crippen LogP contribution in [0.5, 0.6) is 0 Å². The number of nitrogens with two attached hydrogens (primary N) is 1. The van der Waals surface area contributed by atoms with Crippen LogP contribution in [0.1, 0.15) is 35.7 Å². The average Bonchev–Trinajstić information content (AvgIpc) is 2.70. The van der Waals surface area contributed by atoms with Crippen LogP contribution in [-0.2, 0) is 13.1 Å². The fourth-order valence-corrected chi connectivity index (χ4v) is 3.52. The van der Waals surface area contributed by atoms with Crippen LogP contribution in [0.2, 0.25) is 0 Å². The SMILES string of the molecule is CC#CCn1c(N2CCC[C@@H](N)C2)cc(=O)n(Cc2cccc(C(=O)O)c2)c1=O. The van der Waals surface area contributed by atoms with Gasteiger partial charge in [-0.3, -0.25) is 13.9 Å². The Morgan fingerprint density at radius 2 is 2.07 bits per heavy atom. The maximum absolute atomic E-state index is 13.1. The average molecular weight is 396 g/mol. The number of piperidine rings is 1. The highest BCUT2D eigenvalue weighted by atomic mass is 16.4. The summed E-state index contributed by atoms with van der Waals surface area (Å²) in [5, 5.41) is 9.16. The van der Waals surface area contributed by atoms with Gasteiger partial charge in [0.05, 0.1) is 18.7 Å². The van der Waals surface area contributed by atoms with Gasteiger partial charge in [0.2, 0.25) is 0 Å². The molecule has 29 heavy (non-hydrogen) atoms. The number of anilines is 1. The zero-order valence-corrected chi connectivity index (χ0v) is 16.3. The van der Waals surface area contributed by atoms with Crippen LogP contribution >= 0.6 is 0 Å². The van der Waals surface area contributed by atoms with Gasteiger partial charge in [0.25, 0.3) is 5.56 Å². The Bertz CT molecular complexity index is 1090. The summed E-state index contributed by atoms with van der Waals surface area (Å²) in [5.74, 6) is 5.13. The van der Waals surface area contributed by atoms with Crippen molar-refractivity contribution in [1.29, 1.82) is 0 Å². The Morgan fingerprint density at radius 3 is 2.76 bits per heavy atom. The number of carboxylic acids is 1. The van der Waals surface area contributed by atoms with E-state index in [0.29, 0.717) is 17.9 Å². The molecule has 1 atom stereocenters. The number of benzene rings is 1. The monoisotopic (exact) mass is 396 g/mol. The minimum absolute atomic E-state index is 0.00856. The minimum atomic E-state index is -1.06. The third kappa shape index (κ3) is 4.58. The Kier molecular flexibility index (Phi) is 6.20. The molecule has 1 aliphatic heterocycles. The number of nitrogens with zero attached hydrogens (tertiary/aromatic N) is 3. The molecule has 1 aliphatic rings. The van der Waals surface area contributed by atoms with Crippen LogP contribution in [0.3, 0.4) is 0 Å². The normalized spacial score (nSPS) is 16.2. The van der Waals surface area contributed by atoms with E-state index < -0.39 is 17.2 Å². The Labute approximate surface area is 168 Å². The molecule has 8 heteroatoms. The first-order valence-electron chi connectivity index (χ1n) is 9.47. The predicted octanol–water partition coefficient (Wildman–Crippen LogP) is 0.707. The Balaban J connectivity index is 2.05. The quantitative estimate of drug-likeness (QED) is 0.720. The van der Waals surface area contributed by atoms with Gasteiger partial charge in [-0.05, 0) is 37.5 Å². The molecule has 0 saturated carbocycles. The molecule has 1 aromatic carbocycles. The van der Waals surface area contributed by atoms with Gasteiger partial charge in [0.1, 0.15) is 5.82 Å². The summed E-state index contributed by atoms with van der Waals surface area (Å²) in [4.78, 5) is 39.1. The fourth-order valence-electron chi connectivity index (χ4n) is 3.52. The lowest BCUT2D eigenvalue weighted by Gasteiger charge is -2.33. The van der Waals surface area contributed by atoms with Crippen molar-refractivity contribution in [3.63, 3.8) is 0 Å². The van der Waals surface area contributed by atoms with Gasteiger partial charge in [0, 0.05) is 25.2 Å². The summed E-state index contributed by atoms with van der Waals surface area (Å²) >= 11 is 0.